The average Bonchev–Trinajstić information content (AvgIpc) is 1.68. The minimum absolute atomic E-state index is 0.440. The highest BCUT2D eigenvalue weighted by Crippen LogP contribution is 2.01. The highest BCUT2D eigenvalue weighted by molar-refractivity contribution is 7.99. The van der Waals surface area contributed by atoms with Gasteiger partial charge in [0.15, 0.2) is 0 Å². The van der Waals surface area contributed by atoms with Crippen molar-refractivity contribution in [2.75, 3.05) is 6.26 Å². The van der Waals surface area contributed by atoms with E-state index in [1.165, 1.54) is 23.8 Å². The van der Waals surface area contributed by atoms with E-state index in [1.54, 1.807) is 0 Å². The van der Waals surface area contributed by atoms with Crippen molar-refractivity contribution in [3.05, 3.63) is 12.1 Å². The summed E-state index contributed by atoms with van der Waals surface area (Å²) in [5.41, 5.74) is -0.440. The molecule has 2 radical (unpaired) electrons. The van der Waals surface area contributed by atoms with E-state index in [1.807, 2.05) is 6.26 Å². The third-order valence-electron chi connectivity index (χ3n) is 0.517. The van der Waals surface area contributed by atoms with Crippen LogP contribution in [-0.2, 0) is 0 Å². The number of thioether (sulfide) groups is 1. The van der Waals surface area contributed by atoms with E-state index in [0.717, 1.165) is 0 Å². The monoisotopic (exact) mass is 114 g/mol. The fraction of sp³-hybridized carbons (Fsp3) is 0.500. The fourth-order valence-electron chi connectivity index (χ4n) is 0.174. The van der Waals surface area contributed by atoms with Crippen LogP contribution < -0.4 is 0 Å². The lowest BCUT2D eigenvalue weighted by Gasteiger charge is -1.95. The molecule has 0 saturated heterocycles. The molecule has 0 aliphatic carbocycles. The first kappa shape index (κ1) is 7.11. The first-order chi connectivity index (χ1) is 3.31. The van der Waals surface area contributed by atoms with Gasteiger partial charge in [-0.2, -0.15) is 0 Å². The van der Waals surface area contributed by atoms with Crippen LogP contribution in [0.15, 0.2) is 12.1 Å². The number of aliphatic hydroxyl groups is 1. The molecule has 0 aromatic heterocycles. The summed E-state index contributed by atoms with van der Waals surface area (Å²) < 4.78 is 0. The summed E-state index contributed by atoms with van der Waals surface area (Å²) in [7, 11) is 4.95. The van der Waals surface area contributed by atoms with E-state index >= 15 is 0 Å². The van der Waals surface area contributed by atoms with Gasteiger partial charge in [-0.1, -0.05) is 6.08 Å². The molecule has 0 aliphatic rings. The Hall–Kier alpha value is 0.115. The molecule has 38 valence electrons. The third kappa shape index (κ3) is 3.96. The number of hydrogen-bond acceptors (Lipinski definition) is 2. The molecule has 0 bridgehead atoms. The van der Waals surface area contributed by atoms with E-state index < -0.39 is 5.44 Å². The summed E-state index contributed by atoms with van der Waals surface area (Å²) in [6.07, 6.45) is 3.33. The van der Waals surface area contributed by atoms with Crippen LogP contribution >= 0.6 is 11.8 Å². The molecular weight excluding hydrogens is 107 g/mol. The van der Waals surface area contributed by atoms with Gasteiger partial charge in [0.25, 0.3) is 0 Å². The maximum atomic E-state index is 8.65. The molecule has 1 unspecified atom stereocenters. The zero-order chi connectivity index (χ0) is 5.70. The van der Waals surface area contributed by atoms with Gasteiger partial charge in [0.05, 0.1) is 0 Å². The Morgan fingerprint density at radius 1 is 1.86 bits per heavy atom. The second-order valence-corrected chi connectivity index (χ2v) is 1.97. The summed E-state index contributed by atoms with van der Waals surface area (Å²) in [4.78, 5) is 0. The summed E-state index contributed by atoms with van der Waals surface area (Å²) in [5.74, 6) is 1.33. The second kappa shape index (κ2) is 4.28. The molecule has 0 rings (SSSR count). The first-order valence-corrected chi connectivity index (χ1v) is 3.19. The maximum Gasteiger partial charge on any atom is 0.117 e. The first-order valence-electron chi connectivity index (χ1n) is 1.90. The van der Waals surface area contributed by atoms with Gasteiger partial charge in [-0.15, -0.1) is 17.7 Å². The average molecular weight is 114 g/mol. The smallest absolute Gasteiger partial charge is 0.117 e. The molecular formula is C4H7BOS. The van der Waals surface area contributed by atoms with Gasteiger partial charge in [0.1, 0.15) is 13.3 Å². The van der Waals surface area contributed by atoms with Gasteiger partial charge in [-0.05, 0) is 6.26 Å². The van der Waals surface area contributed by atoms with Gasteiger partial charge in [-0.3, -0.25) is 0 Å². The highest BCUT2D eigenvalue weighted by Gasteiger charge is 1.87. The number of aliphatic hydroxyl groups excluding tert-OH is 1. The van der Waals surface area contributed by atoms with E-state index in [-0.39, 0.29) is 0 Å². The Kier molecular flexibility index (Phi) is 4.35. The molecule has 0 heterocycles. The van der Waals surface area contributed by atoms with E-state index in [4.69, 9.17) is 13.0 Å². The largest absolute Gasteiger partial charge is 0.379 e. The summed E-state index contributed by atoms with van der Waals surface area (Å²) in [6, 6.07) is 0. The Balaban J connectivity index is 3.16. The van der Waals surface area contributed by atoms with Crippen molar-refractivity contribution in [2.24, 2.45) is 0 Å². The minimum atomic E-state index is -0.440. The molecule has 1 nitrogen and oxygen atoms in total. The molecule has 0 aromatic carbocycles. The quantitative estimate of drug-likeness (QED) is 0.412. The van der Waals surface area contributed by atoms with Gasteiger partial charge in [0.2, 0.25) is 0 Å². The predicted octanol–water partition coefficient (Wildman–Crippen LogP) is 0.350. The molecule has 0 amide bonds. The Morgan fingerprint density at radius 2 is 2.43 bits per heavy atom. The van der Waals surface area contributed by atoms with Crippen molar-refractivity contribution in [1.29, 1.82) is 0 Å². The molecule has 1 atom stereocenters. The van der Waals surface area contributed by atoms with E-state index in [2.05, 4.69) is 0 Å². The van der Waals surface area contributed by atoms with Gasteiger partial charge < -0.3 is 5.11 Å². The normalized spacial score (nSPS) is 15.1. The lowest BCUT2D eigenvalue weighted by Crippen LogP contribution is -1.91. The van der Waals surface area contributed by atoms with Crippen LogP contribution in [0.25, 0.3) is 0 Å². The molecule has 0 aliphatic heterocycles. The highest BCUT2D eigenvalue weighted by atomic mass is 32.2. The Labute approximate surface area is 49.2 Å². The predicted molar refractivity (Wildman–Crippen MR) is 34.4 cm³/mol. The Bertz CT molecular complexity index is 64.7. The standard InChI is InChI=1S/C4H7BOS/c1-7-4(6)2-3-5/h2-4,6H,1H3/b3-2+. The van der Waals surface area contributed by atoms with Crippen LogP contribution in [0.3, 0.4) is 0 Å². The summed E-state index contributed by atoms with van der Waals surface area (Å²) >= 11 is 1.34. The van der Waals surface area contributed by atoms with Crippen molar-refractivity contribution in [1.82, 2.24) is 0 Å². The lowest BCUT2D eigenvalue weighted by atomic mass is 10.1. The molecule has 0 fully saturated rings. The molecule has 0 saturated carbocycles. The number of hydrogen-bond donors (Lipinski definition) is 1. The number of rotatable bonds is 2. The van der Waals surface area contributed by atoms with Crippen molar-refractivity contribution in [3.63, 3.8) is 0 Å². The zero-order valence-corrected chi connectivity index (χ0v) is 4.98. The van der Waals surface area contributed by atoms with E-state index in [9.17, 15) is 0 Å². The summed E-state index contributed by atoms with van der Waals surface area (Å²) in [6.45, 7) is 0. The second-order valence-electron chi connectivity index (χ2n) is 1.01. The minimum Gasteiger partial charge on any atom is -0.379 e. The SMILES string of the molecule is [B]/C=C/C(O)SC. The third-order valence-corrected chi connectivity index (χ3v) is 1.16. The van der Waals surface area contributed by atoms with Crippen LogP contribution in [0.5, 0.6) is 0 Å². The molecule has 0 spiro atoms. The molecule has 1 N–H and O–H groups in total. The molecule has 3 heteroatoms. The van der Waals surface area contributed by atoms with E-state index in [0.29, 0.717) is 0 Å². The van der Waals surface area contributed by atoms with Crippen molar-refractivity contribution >= 4 is 19.6 Å². The molecule has 7 heavy (non-hydrogen) atoms. The van der Waals surface area contributed by atoms with Crippen molar-refractivity contribution < 1.29 is 5.11 Å². The van der Waals surface area contributed by atoms with Crippen LogP contribution in [0, 0.1) is 0 Å². The van der Waals surface area contributed by atoms with Crippen LogP contribution in [0.1, 0.15) is 0 Å². The van der Waals surface area contributed by atoms with Crippen LogP contribution in [0.2, 0.25) is 0 Å². The van der Waals surface area contributed by atoms with Crippen molar-refractivity contribution in [2.45, 2.75) is 5.44 Å². The van der Waals surface area contributed by atoms with Gasteiger partial charge in [-0.25, -0.2) is 0 Å². The Morgan fingerprint density at radius 3 is 2.57 bits per heavy atom. The fourth-order valence-corrected chi connectivity index (χ4v) is 0.421. The van der Waals surface area contributed by atoms with Gasteiger partial charge in [0, 0.05) is 0 Å². The van der Waals surface area contributed by atoms with Gasteiger partial charge >= 0.3 is 0 Å². The lowest BCUT2D eigenvalue weighted by molar-refractivity contribution is 0.310. The zero-order valence-electron chi connectivity index (χ0n) is 4.16. The van der Waals surface area contributed by atoms with Crippen LogP contribution in [-0.4, -0.2) is 24.6 Å². The van der Waals surface area contributed by atoms with Crippen LogP contribution in [0.4, 0.5) is 0 Å². The van der Waals surface area contributed by atoms with Crippen molar-refractivity contribution in [3.8, 4) is 0 Å². The topological polar surface area (TPSA) is 20.2 Å². The maximum absolute atomic E-state index is 8.65. The summed E-state index contributed by atoms with van der Waals surface area (Å²) in [5, 5.41) is 8.65. The molecule has 0 aromatic rings.